The number of carbonyl (C=O) groups excluding carboxylic acids is 2. The van der Waals surface area contributed by atoms with Gasteiger partial charge in [-0.1, -0.05) is 13.2 Å². The van der Waals surface area contributed by atoms with Crippen LogP contribution in [0.3, 0.4) is 0 Å². The number of rotatable bonds is 7. The molecule has 0 aliphatic heterocycles. The largest absolute Gasteiger partial charge is 0.460 e. The minimum absolute atomic E-state index is 0.0663. The molecule has 90 valence electrons. The Hall–Kier alpha value is -1.66. The first-order valence-electron chi connectivity index (χ1n) is 4.59. The number of aliphatic hydroxyl groups is 2. The number of aliphatic hydroxyl groups excluding tert-OH is 2. The van der Waals surface area contributed by atoms with Crippen molar-refractivity contribution in [2.75, 3.05) is 26.4 Å². The average Bonchev–Trinajstić information content (AvgIpc) is 2.30. The SMILES string of the molecule is C=C(C(=C)C(=O)OCCO)C(=O)NCCO. The van der Waals surface area contributed by atoms with Gasteiger partial charge in [0.2, 0.25) is 0 Å². The molecule has 3 N–H and O–H groups in total. The molecular weight excluding hydrogens is 214 g/mol. The van der Waals surface area contributed by atoms with Gasteiger partial charge in [-0.05, 0) is 0 Å². The Morgan fingerprint density at radius 3 is 2.25 bits per heavy atom. The van der Waals surface area contributed by atoms with E-state index in [2.05, 4.69) is 23.2 Å². The van der Waals surface area contributed by atoms with Gasteiger partial charge in [-0.15, -0.1) is 0 Å². The zero-order valence-corrected chi connectivity index (χ0v) is 8.86. The maximum atomic E-state index is 11.3. The Morgan fingerprint density at radius 1 is 1.12 bits per heavy atom. The molecule has 16 heavy (non-hydrogen) atoms. The van der Waals surface area contributed by atoms with E-state index in [0.29, 0.717) is 0 Å². The second kappa shape index (κ2) is 7.61. The lowest BCUT2D eigenvalue weighted by Crippen LogP contribution is -2.29. The van der Waals surface area contributed by atoms with Crippen molar-refractivity contribution < 1.29 is 24.5 Å². The van der Waals surface area contributed by atoms with Crippen molar-refractivity contribution in [1.29, 1.82) is 0 Å². The molecule has 0 aliphatic rings. The van der Waals surface area contributed by atoms with Crippen molar-refractivity contribution in [3.8, 4) is 0 Å². The van der Waals surface area contributed by atoms with Crippen molar-refractivity contribution in [2.24, 2.45) is 0 Å². The number of hydrogen-bond donors (Lipinski definition) is 3. The van der Waals surface area contributed by atoms with Gasteiger partial charge in [-0.25, -0.2) is 4.79 Å². The number of hydrogen-bond acceptors (Lipinski definition) is 5. The Balaban J connectivity index is 4.21. The highest BCUT2D eigenvalue weighted by Crippen LogP contribution is 2.07. The maximum absolute atomic E-state index is 11.3. The quantitative estimate of drug-likeness (QED) is 0.288. The summed E-state index contributed by atoms with van der Waals surface area (Å²) in [5, 5.41) is 19.2. The van der Waals surface area contributed by atoms with E-state index in [9.17, 15) is 9.59 Å². The lowest BCUT2D eigenvalue weighted by molar-refractivity contribution is -0.140. The lowest BCUT2D eigenvalue weighted by Gasteiger charge is -2.08. The predicted molar refractivity (Wildman–Crippen MR) is 56.4 cm³/mol. The summed E-state index contributed by atoms with van der Waals surface area (Å²) in [7, 11) is 0. The average molecular weight is 229 g/mol. The summed E-state index contributed by atoms with van der Waals surface area (Å²) in [5.41, 5.74) is -0.305. The molecule has 0 aromatic heterocycles. The molecule has 0 saturated carbocycles. The topological polar surface area (TPSA) is 95.9 Å². The number of carbonyl (C=O) groups is 2. The van der Waals surface area contributed by atoms with Gasteiger partial charge in [0.15, 0.2) is 0 Å². The molecule has 0 spiro atoms. The fraction of sp³-hybridized carbons (Fsp3) is 0.400. The van der Waals surface area contributed by atoms with Crippen LogP contribution in [0.25, 0.3) is 0 Å². The molecule has 0 aromatic carbocycles. The first-order chi connectivity index (χ1) is 7.54. The summed E-state index contributed by atoms with van der Waals surface area (Å²) < 4.78 is 4.55. The highest BCUT2D eigenvalue weighted by Gasteiger charge is 2.17. The summed E-state index contributed by atoms with van der Waals surface area (Å²) in [6.07, 6.45) is 0. The molecule has 1 amide bonds. The first kappa shape index (κ1) is 14.3. The summed E-state index contributed by atoms with van der Waals surface area (Å²) >= 11 is 0. The van der Waals surface area contributed by atoms with Crippen LogP contribution in [0, 0.1) is 0 Å². The standard InChI is InChI=1S/C10H15NO5/c1-7(9(14)11-3-4-12)8(2)10(15)16-6-5-13/h12-13H,1-6H2,(H,11,14). The minimum atomic E-state index is -0.807. The molecular formula is C10H15NO5. The van der Waals surface area contributed by atoms with Crippen molar-refractivity contribution in [1.82, 2.24) is 5.32 Å². The summed E-state index contributed by atoms with van der Waals surface area (Å²) in [6, 6.07) is 0. The van der Waals surface area contributed by atoms with Gasteiger partial charge < -0.3 is 20.3 Å². The third-order valence-corrected chi connectivity index (χ3v) is 1.61. The molecule has 0 aromatic rings. The van der Waals surface area contributed by atoms with Crippen LogP contribution < -0.4 is 5.32 Å². The molecule has 0 bridgehead atoms. The van der Waals surface area contributed by atoms with Crippen LogP contribution >= 0.6 is 0 Å². The Morgan fingerprint density at radius 2 is 1.75 bits per heavy atom. The molecule has 0 saturated heterocycles. The molecule has 0 fully saturated rings. The zero-order valence-electron chi connectivity index (χ0n) is 8.86. The summed E-state index contributed by atoms with van der Waals surface area (Å²) in [4.78, 5) is 22.5. The zero-order chi connectivity index (χ0) is 12.6. The number of esters is 1. The van der Waals surface area contributed by atoms with Crippen molar-refractivity contribution in [3.63, 3.8) is 0 Å². The lowest BCUT2D eigenvalue weighted by atomic mass is 10.1. The number of nitrogens with one attached hydrogen (secondary N) is 1. The highest BCUT2D eigenvalue weighted by atomic mass is 16.5. The maximum Gasteiger partial charge on any atom is 0.338 e. The van der Waals surface area contributed by atoms with Gasteiger partial charge in [-0.3, -0.25) is 4.79 Å². The van der Waals surface area contributed by atoms with E-state index in [0.717, 1.165) is 0 Å². The van der Waals surface area contributed by atoms with Gasteiger partial charge >= 0.3 is 5.97 Å². The van der Waals surface area contributed by atoms with Crippen molar-refractivity contribution >= 4 is 11.9 Å². The molecule has 0 unspecified atom stereocenters. The second-order valence-corrected chi connectivity index (χ2v) is 2.80. The van der Waals surface area contributed by atoms with E-state index in [1.165, 1.54) is 0 Å². The van der Waals surface area contributed by atoms with E-state index in [-0.39, 0.29) is 37.5 Å². The van der Waals surface area contributed by atoms with Crippen LogP contribution in [0.4, 0.5) is 0 Å². The molecule has 6 heteroatoms. The van der Waals surface area contributed by atoms with Gasteiger partial charge in [0.05, 0.1) is 18.8 Å². The van der Waals surface area contributed by atoms with Gasteiger partial charge in [0, 0.05) is 12.1 Å². The Labute approximate surface area is 93.2 Å². The highest BCUT2D eigenvalue weighted by molar-refractivity contribution is 6.08. The molecule has 6 nitrogen and oxygen atoms in total. The predicted octanol–water partition coefficient (Wildman–Crippen LogP) is -1.26. The van der Waals surface area contributed by atoms with Gasteiger partial charge in [-0.2, -0.15) is 0 Å². The normalized spacial score (nSPS) is 9.38. The van der Waals surface area contributed by atoms with Crippen LogP contribution in [0.1, 0.15) is 0 Å². The summed E-state index contributed by atoms with van der Waals surface area (Å²) in [5.74, 6) is -1.40. The van der Waals surface area contributed by atoms with E-state index >= 15 is 0 Å². The van der Waals surface area contributed by atoms with Crippen LogP contribution in [0.5, 0.6) is 0 Å². The molecule has 0 aliphatic carbocycles. The molecule has 0 rings (SSSR count). The van der Waals surface area contributed by atoms with Crippen molar-refractivity contribution in [2.45, 2.75) is 0 Å². The van der Waals surface area contributed by atoms with E-state index in [1.54, 1.807) is 0 Å². The van der Waals surface area contributed by atoms with Crippen LogP contribution in [0.15, 0.2) is 24.3 Å². The molecule has 0 heterocycles. The second-order valence-electron chi connectivity index (χ2n) is 2.80. The monoisotopic (exact) mass is 229 g/mol. The number of amides is 1. The van der Waals surface area contributed by atoms with Crippen molar-refractivity contribution in [3.05, 3.63) is 24.3 Å². The third kappa shape index (κ3) is 4.72. The Kier molecular flexibility index (Phi) is 6.82. The van der Waals surface area contributed by atoms with Crippen LogP contribution in [-0.4, -0.2) is 48.5 Å². The van der Waals surface area contributed by atoms with E-state index in [1.807, 2.05) is 0 Å². The van der Waals surface area contributed by atoms with E-state index < -0.39 is 11.9 Å². The fourth-order valence-electron chi connectivity index (χ4n) is 0.762. The smallest absolute Gasteiger partial charge is 0.338 e. The Bertz CT molecular complexity index is 268. The van der Waals surface area contributed by atoms with Gasteiger partial charge in [0.25, 0.3) is 5.91 Å². The minimum Gasteiger partial charge on any atom is -0.460 e. The fourth-order valence-corrected chi connectivity index (χ4v) is 0.762. The van der Waals surface area contributed by atoms with Gasteiger partial charge in [0.1, 0.15) is 6.61 Å². The van der Waals surface area contributed by atoms with E-state index in [4.69, 9.17) is 10.2 Å². The molecule has 0 atom stereocenters. The third-order valence-electron chi connectivity index (χ3n) is 1.61. The van der Waals surface area contributed by atoms with Crippen LogP contribution in [0.2, 0.25) is 0 Å². The summed E-state index contributed by atoms with van der Waals surface area (Å²) in [6.45, 7) is 6.13. The molecule has 0 radical (unpaired) electrons. The number of ether oxygens (including phenoxy) is 1. The van der Waals surface area contributed by atoms with Crippen LogP contribution in [-0.2, 0) is 14.3 Å². The first-order valence-corrected chi connectivity index (χ1v) is 4.59.